The second-order valence-corrected chi connectivity index (χ2v) is 13.2. The molecule has 1 aliphatic carbocycles. The first-order valence-corrected chi connectivity index (χ1v) is 14.2. The van der Waals surface area contributed by atoms with Crippen molar-refractivity contribution in [2.45, 2.75) is 57.0 Å². The first-order valence-electron chi connectivity index (χ1n) is 11.8. The second-order valence-electron chi connectivity index (χ2n) is 10.1. The zero-order chi connectivity index (χ0) is 25.2. The topological polar surface area (TPSA) is 114 Å². The lowest BCUT2D eigenvalue weighted by Crippen LogP contribution is -2.58. The lowest BCUT2D eigenvalue weighted by atomic mass is 10.0. The first-order chi connectivity index (χ1) is 17.1. The number of carbonyl (C=O) groups excluding carboxylic acids is 2. The van der Waals surface area contributed by atoms with Crippen molar-refractivity contribution in [3.8, 4) is 0 Å². The highest BCUT2D eigenvalue weighted by Gasteiger charge is 2.52. The molecule has 1 saturated carbocycles. The standard InChI is InChI=1S/C24H27N5O5S2/c1-24(5-6-24)26-36(32,33)20-8-19-21(30)28(12-16-9-25-27(2)10-16)23(31)29(22(19)35-20)11-15-3-4-17-13-34-14-18(17)7-15/h3-4,7-10,19,22,26H,5-6,11-14H2,1-2H3. The van der Waals surface area contributed by atoms with E-state index in [1.54, 1.807) is 29.0 Å². The second kappa shape index (κ2) is 8.44. The van der Waals surface area contributed by atoms with Crippen LogP contribution in [0, 0.1) is 5.92 Å². The third-order valence-electron chi connectivity index (χ3n) is 7.08. The van der Waals surface area contributed by atoms with E-state index >= 15 is 0 Å². The minimum absolute atomic E-state index is 0.0696. The number of carbonyl (C=O) groups is 2. The van der Waals surface area contributed by atoms with Gasteiger partial charge in [-0.1, -0.05) is 30.0 Å². The number of imide groups is 1. The van der Waals surface area contributed by atoms with Gasteiger partial charge < -0.3 is 9.64 Å². The lowest BCUT2D eigenvalue weighted by Gasteiger charge is -2.41. The summed E-state index contributed by atoms with van der Waals surface area (Å²) in [4.78, 5) is 30.0. The molecule has 6 rings (SSSR count). The van der Waals surface area contributed by atoms with E-state index in [0.717, 1.165) is 46.9 Å². The van der Waals surface area contributed by atoms with E-state index in [1.807, 2.05) is 25.1 Å². The number of nitrogens with zero attached hydrogens (tertiary/aromatic N) is 4. The van der Waals surface area contributed by atoms with Crippen LogP contribution in [0.25, 0.3) is 0 Å². The molecule has 1 saturated heterocycles. The number of aromatic nitrogens is 2. The van der Waals surface area contributed by atoms with Gasteiger partial charge in [0, 0.05) is 30.9 Å². The molecule has 4 aliphatic rings. The summed E-state index contributed by atoms with van der Waals surface area (Å²) in [6.07, 6.45) is 6.45. The number of benzene rings is 1. The van der Waals surface area contributed by atoms with Crippen LogP contribution in [0.1, 0.15) is 42.0 Å². The van der Waals surface area contributed by atoms with Crippen LogP contribution < -0.4 is 4.72 Å². The van der Waals surface area contributed by atoms with Crippen molar-refractivity contribution in [3.05, 3.63) is 63.2 Å². The fraction of sp³-hybridized carbons (Fsp3) is 0.458. The van der Waals surface area contributed by atoms with Gasteiger partial charge in [-0.2, -0.15) is 5.10 Å². The number of nitrogens with one attached hydrogen (secondary N) is 1. The van der Waals surface area contributed by atoms with Gasteiger partial charge in [-0.25, -0.2) is 17.9 Å². The Kier molecular flexibility index (Phi) is 5.56. The highest BCUT2D eigenvalue weighted by Crippen LogP contribution is 2.46. The number of aryl methyl sites for hydroxylation is 1. The van der Waals surface area contributed by atoms with Crippen molar-refractivity contribution in [1.82, 2.24) is 24.3 Å². The molecular weight excluding hydrogens is 502 g/mol. The van der Waals surface area contributed by atoms with Crippen molar-refractivity contribution in [2.24, 2.45) is 13.0 Å². The van der Waals surface area contributed by atoms with Crippen molar-refractivity contribution in [1.29, 1.82) is 0 Å². The maximum atomic E-state index is 13.7. The Morgan fingerprint density at radius 2 is 1.94 bits per heavy atom. The molecule has 1 N–H and O–H groups in total. The van der Waals surface area contributed by atoms with Crippen LogP contribution in [0.4, 0.5) is 4.79 Å². The van der Waals surface area contributed by atoms with E-state index < -0.39 is 38.8 Å². The number of hydrogen-bond donors (Lipinski definition) is 1. The molecule has 0 bridgehead atoms. The van der Waals surface area contributed by atoms with Gasteiger partial charge in [-0.05, 0) is 42.5 Å². The van der Waals surface area contributed by atoms with Gasteiger partial charge in [-0.3, -0.25) is 14.4 Å². The molecule has 190 valence electrons. The monoisotopic (exact) mass is 529 g/mol. The summed E-state index contributed by atoms with van der Waals surface area (Å²) in [6, 6.07) is 5.53. The Labute approximate surface area is 213 Å². The smallest absolute Gasteiger partial charge is 0.328 e. The maximum absolute atomic E-state index is 13.7. The maximum Gasteiger partial charge on any atom is 0.328 e. The Morgan fingerprint density at radius 1 is 1.17 bits per heavy atom. The highest BCUT2D eigenvalue weighted by molar-refractivity contribution is 8.18. The number of urea groups is 1. The summed E-state index contributed by atoms with van der Waals surface area (Å²) in [5, 5.41) is 3.50. The van der Waals surface area contributed by atoms with Crippen LogP contribution >= 0.6 is 11.8 Å². The first kappa shape index (κ1) is 23.7. The van der Waals surface area contributed by atoms with Crippen LogP contribution in [0.2, 0.25) is 0 Å². The summed E-state index contributed by atoms with van der Waals surface area (Å²) >= 11 is 1.07. The fourth-order valence-corrected chi connectivity index (χ4v) is 8.13. The highest BCUT2D eigenvalue weighted by atomic mass is 32.3. The summed E-state index contributed by atoms with van der Waals surface area (Å²) in [5.74, 6) is -1.16. The minimum atomic E-state index is -3.80. The van der Waals surface area contributed by atoms with Crippen molar-refractivity contribution in [3.63, 3.8) is 0 Å². The number of thioether (sulfide) groups is 1. The summed E-state index contributed by atoms with van der Waals surface area (Å²) < 4.78 is 36.3. The molecule has 3 amide bonds. The Hall–Kier alpha value is -2.67. The summed E-state index contributed by atoms with van der Waals surface area (Å²) in [7, 11) is -2.03. The SMILES string of the molecule is Cn1cc(CN2C(=O)C3C=C(S(=O)(=O)NC4(C)CC4)SC3N(Cc3ccc4c(c3)COC4)C2=O)cn1. The van der Waals surface area contributed by atoms with Crippen LogP contribution in [0.5, 0.6) is 0 Å². The van der Waals surface area contributed by atoms with E-state index in [0.29, 0.717) is 13.2 Å². The normalized spacial score (nSPS) is 24.7. The number of sulfonamides is 1. The molecule has 2 atom stereocenters. The number of amides is 3. The van der Waals surface area contributed by atoms with Gasteiger partial charge in [-0.15, -0.1) is 0 Å². The van der Waals surface area contributed by atoms with Crippen LogP contribution in [-0.2, 0) is 52.9 Å². The van der Waals surface area contributed by atoms with Gasteiger partial charge in [0.2, 0.25) is 15.9 Å². The van der Waals surface area contributed by atoms with Gasteiger partial charge in [0.1, 0.15) is 9.61 Å². The van der Waals surface area contributed by atoms with Crippen LogP contribution in [-0.4, -0.2) is 50.8 Å². The molecule has 10 nitrogen and oxygen atoms in total. The van der Waals surface area contributed by atoms with Gasteiger partial charge >= 0.3 is 6.03 Å². The molecule has 0 radical (unpaired) electrons. The Balaban J connectivity index is 1.32. The average molecular weight is 530 g/mol. The number of rotatable bonds is 7. The molecule has 2 unspecified atom stereocenters. The van der Waals surface area contributed by atoms with E-state index in [9.17, 15) is 18.0 Å². The molecule has 1 aromatic heterocycles. The lowest BCUT2D eigenvalue weighted by molar-refractivity contribution is -0.135. The molecule has 0 spiro atoms. The fourth-order valence-electron chi connectivity index (χ4n) is 4.83. The molecule has 2 fully saturated rings. The number of ether oxygens (including phenoxy) is 1. The molecule has 3 aliphatic heterocycles. The molecule has 12 heteroatoms. The van der Waals surface area contributed by atoms with Gasteiger partial charge in [0.15, 0.2) is 0 Å². The van der Waals surface area contributed by atoms with Gasteiger partial charge in [0.25, 0.3) is 0 Å². The van der Waals surface area contributed by atoms with Crippen LogP contribution in [0.3, 0.4) is 0 Å². The van der Waals surface area contributed by atoms with Gasteiger partial charge in [0.05, 0.1) is 31.9 Å². The zero-order valence-electron chi connectivity index (χ0n) is 20.0. The zero-order valence-corrected chi connectivity index (χ0v) is 21.6. The van der Waals surface area contributed by atoms with Crippen LogP contribution in [0.15, 0.2) is 40.9 Å². The molecular formula is C24H27N5O5S2. The van der Waals surface area contributed by atoms with Crippen molar-refractivity contribution in [2.75, 3.05) is 0 Å². The molecule has 4 heterocycles. The molecule has 2 aromatic rings. The Morgan fingerprint density at radius 3 is 2.67 bits per heavy atom. The predicted octanol–water partition coefficient (Wildman–Crippen LogP) is 2.42. The third-order valence-corrected chi connectivity index (χ3v) is 10.6. The van der Waals surface area contributed by atoms with Crippen molar-refractivity contribution >= 4 is 33.7 Å². The van der Waals surface area contributed by atoms with Crippen molar-refractivity contribution < 1.29 is 22.7 Å². The van der Waals surface area contributed by atoms with E-state index in [4.69, 9.17) is 4.74 Å². The quantitative estimate of drug-likeness (QED) is 0.586. The summed E-state index contributed by atoms with van der Waals surface area (Å²) in [5.41, 5.74) is 3.39. The molecule has 1 aromatic carbocycles. The predicted molar refractivity (Wildman–Crippen MR) is 132 cm³/mol. The third kappa shape index (κ3) is 4.25. The average Bonchev–Trinajstić information content (AvgIpc) is 3.25. The minimum Gasteiger partial charge on any atom is -0.372 e. The van der Waals surface area contributed by atoms with E-state index in [-0.39, 0.29) is 17.3 Å². The van der Waals surface area contributed by atoms with E-state index in [2.05, 4.69) is 9.82 Å². The number of hydrogen-bond acceptors (Lipinski definition) is 7. The largest absolute Gasteiger partial charge is 0.372 e. The number of fused-ring (bicyclic) bond motifs is 2. The summed E-state index contributed by atoms with van der Waals surface area (Å²) in [6.45, 7) is 3.29. The Bertz CT molecular complexity index is 1400. The van der Waals surface area contributed by atoms with E-state index in [1.165, 1.54) is 11.0 Å². The molecule has 36 heavy (non-hydrogen) atoms.